The van der Waals surface area contributed by atoms with Crippen LogP contribution in [0.1, 0.15) is 29.7 Å². The highest BCUT2D eigenvalue weighted by Crippen LogP contribution is 2.39. The average molecular weight is 560 g/mol. The van der Waals surface area contributed by atoms with E-state index in [0.29, 0.717) is 41.0 Å². The van der Waals surface area contributed by atoms with Crippen LogP contribution >= 0.6 is 15.9 Å². The molecule has 1 atom stereocenters. The largest absolute Gasteiger partial charge is 0.493 e. The number of anilines is 2. The fourth-order valence-corrected chi connectivity index (χ4v) is 4.51. The van der Waals surface area contributed by atoms with Crippen molar-refractivity contribution in [3.63, 3.8) is 0 Å². The van der Waals surface area contributed by atoms with Crippen molar-refractivity contribution in [3.8, 4) is 11.5 Å². The summed E-state index contributed by atoms with van der Waals surface area (Å²) in [7, 11) is 1.60. The average Bonchev–Trinajstić information content (AvgIpc) is 3.37. The summed E-state index contributed by atoms with van der Waals surface area (Å²) in [6.07, 6.45) is 1.47. The van der Waals surface area contributed by atoms with E-state index in [1.165, 1.54) is 6.33 Å². The van der Waals surface area contributed by atoms with Crippen molar-refractivity contribution in [2.75, 3.05) is 17.7 Å². The van der Waals surface area contributed by atoms with Crippen LogP contribution in [0.25, 0.3) is 0 Å². The number of hydrogen-bond donors (Lipinski definition) is 2. The maximum Gasteiger partial charge on any atom is 0.255 e. The summed E-state index contributed by atoms with van der Waals surface area (Å²) in [5.41, 5.74) is 4.91. The highest BCUT2D eigenvalue weighted by Gasteiger charge is 2.34. The maximum absolute atomic E-state index is 13.6. The number of nitrogens with zero attached hydrogens (tertiary/aromatic N) is 3. The minimum Gasteiger partial charge on any atom is -0.493 e. The molecule has 3 aromatic carbocycles. The van der Waals surface area contributed by atoms with Crippen LogP contribution in [0.15, 0.2) is 88.8 Å². The molecule has 1 aliphatic heterocycles. The second-order valence-electron chi connectivity index (χ2n) is 8.74. The van der Waals surface area contributed by atoms with E-state index in [4.69, 9.17) is 9.47 Å². The predicted molar refractivity (Wildman–Crippen MR) is 146 cm³/mol. The molecular weight excluding hydrogens is 534 g/mol. The highest BCUT2D eigenvalue weighted by molar-refractivity contribution is 9.10. The summed E-state index contributed by atoms with van der Waals surface area (Å²) in [4.78, 5) is 17.9. The van der Waals surface area contributed by atoms with Gasteiger partial charge in [0.2, 0.25) is 5.95 Å². The molecule has 0 saturated carbocycles. The van der Waals surface area contributed by atoms with Gasteiger partial charge in [-0.15, -0.1) is 0 Å². The lowest BCUT2D eigenvalue weighted by Gasteiger charge is -2.29. The van der Waals surface area contributed by atoms with E-state index in [-0.39, 0.29) is 5.91 Å². The van der Waals surface area contributed by atoms with Crippen LogP contribution in [0.2, 0.25) is 0 Å². The number of fused-ring (bicyclic) bond motifs is 1. The highest BCUT2D eigenvalue weighted by atomic mass is 79.9. The molecular formula is C28H26BrN5O3. The van der Waals surface area contributed by atoms with Crippen LogP contribution in [-0.2, 0) is 11.4 Å². The molecule has 8 nitrogen and oxygen atoms in total. The van der Waals surface area contributed by atoms with Gasteiger partial charge in [-0.25, -0.2) is 4.68 Å². The summed E-state index contributed by atoms with van der Waals surface area (Å²) in [6, 6.07) is 20.8. The Bertz CT molecular complexity index is 1460. The molecule has 0 spiro atoms. The van der Waals surface area contributed by atoms with Gasteiger partial charge in [0.15, 0.2) is 11.5 Å². The van der Waals surface area contributed by atoms with Gasteiger partial charge in [0.1, 0.15) is 19.0 Å². The lowest BCUT2D eigenvalue weighted by atomic mass is 9.94. The van der Waals surface area contributed by atoms with Gasteiger partial charge < -0.3 is 20.1 Å². The Morgan fingerprint density at radius 2 is 1.81 bits per heavy atom. The second kappa shape index (κ2) is 10.5. The summed E-state index contributed by atoms with van der Waals surface area (Å²) < 4.78 is 14.4. The Labute approximate surface area is 223 Å². The fourth-order valence-electron chi connectivity index (χ4n) is 4.24. The van der Waals surface area contributed by atoms with Crippen molar-refractivity contribution in [1.29, 1.82) is 0 Å². The number of methoxy groups -OCH3 is 1. The molecule has 2 N–H and O–H groups in total. The number of rotatable bonds is 7. The molecule has 0 aliphatic carbocycles. The van der Waals surface area contributed by atoms with Crippen LogP contribution in [0.5, 0.6) is 11.5 Å². The third kappa shape index (κ3) is 5.22. The van der Waals surface area contributed by atoms with Gasteiger partial charge in [-0.05, 0) is 61.4 Å². The lowest BCUT2D eigenvalue weighted by Crippen LogP contribution is -2.31. The van der Waals surface area contributed by atoms with Crippen LogP contribution in [-0.4, -0.2) is 27.8 Å². The van der Waals surface area contributed by atoms with Crippen molar-refractivity contribution in [3.05, 3.63) is 105 Å². The zero-order valence-corrected chi connectivity index (χ0v) is 22.2. The van der Waals surface area contributed by atoms with Crippen molar-refractivity contribution < 1.29 is 14.3 Å². The number of halogens is 1. The van der Waals surface area contributed by atoms with Gasteiger partial charge in [0.05, 0.1) is 12.7 Å². The zero-order chi connectivity index (χ0) is 25.9. The first-order chi connectivity index (χ1) is 17.9. The zero-order valence-electron chi connectivity index (χ0n) is 20.7. The summed E-state index contributed by atoms with van der Waals surface area (Å²) in [5.74, 6) is 1.50. The monoisotopic (exact) mass is 559 g/mol. The molecule has 1 unspecified atom stereocenters. The molecule has 0 radical (unpaired) electrons. The van der Waals surface area contributed by atoms with Crippen molar-refractivity contribution >= 4 is 33.5 Å². The van der Waals surface area contributed by atoms with E-state index in [1.807, 2.05) is 80.6 Å². The molecule has 0 saturated heterocycles. The van der Waals surface area contributed by atoms with Crippen LogP contribution in [0, 0.1) is 6.92 Å². The predicted octanol–water partition coefficient (Wildman–Crippen LogP) is 5.86. The summed E-state index contributed by atoms with van der Waals surface area (Å²) in [6.45, 7) is 4.26. The van der Waals surface area contributed by atoms with Crippen LogP contribution in [0.3, 0.4) is 0 Å². The van der Waals surface area contributed by atoms with Crippen molar-refractivity contribution in [2.24, 2.45) is 0 Å². The Hall–Kier alpha value is -4.11. The Morgan fingerprint density at radius 3 is 2.54 bits per heavy atom. The first kappa shape index (κ1) is 24.6. The number of nitrogens with one attached hydrogen (secondary N) is 2. The maximum atomic E-state index is 13.6. The molecule has 37 heavy (non-hydrogen) atoms. The topological polar surface area (TPSA) is 90.3 Å². The first-order valence-electron chi connectivity index (χ1n) is 11.7. The van der Waals surface area contributed by atoms with Gasteiger partial charge in [-0.3, -0.25) is 4.79 Å². The van der Waals surface area contributed by atoms with E-state index in [0.717, 1.165) is 21.2 Å². The van der Waals surface area contributed by atoms with Crippen LogP contribution < -0.4 is 20.1 Å². The number of carbonyl (C=O) groups is 1. The normalized spacial score (nSPS) is 14.5. The lowest BCUT2D eigenvalue weighted by molar-refractivity contribution is -0.113. The van der Waals surface area contributed by atoms with Crippen molar-refractivity contribution in [2.45, 2.75) is 26.5 Å². The van der Waals surface area contributed by atoms with Gasteiger partial charge in [0, 0.05) is 15.9 Å². The first-order valence-corrected chi connectivity index (χ1v) is 12.5. The van der Waals surface area contributed by atoms with Gasteiger partial charge in [-0.2, -0.15) is 10.1 Å². The molecule has 4 aromatic rings. The van der Waals surface area contributed by atoms with Crippen LogP contribution in [0.4, 0.5) is 11.6 Å². The summed E-state index contributed by atoms with van der Waals surface area (Å²) in [5, 5.41) is 10.6. The summed E-state index contributed by atoms with van der Waals surface area (Å²) >= 11 is 3.45. The fraction of sp³-hybridized carbons (Fsp3) is 0.179. The number of aromatic nitrogens is 3. The van der Waals surface area contributed by atoms with E-state index in [9.17, 15) is 4.79 Å². The number of carbonyl (C=O) groups excluding carboxylic acids is 1. The Morgan fingerprint density at radius 1 is 1.05 bits per heavy atom. The number of benzene rings is 3. The molecule has 5 rings (SSSR count). The van der Waals surface area contributed by atoms with Gasteiger partial charge >= 0.3 is 0 Å². The smallest absolute Gasteiger partial charge is 0.255 e. The molecule has 2 heterocycles. The number of amides is 1. The number of hydrogen-bond acceptors (Lipinski definition) is 6. The number of ether oxygens (including phenoxy) is 2. The van der Waals surface area contributed by atoms with Gasteiger partial charge in [-0.1, -0.05) is 51.8 Å². The van der Waals surface area contributed by atoms with E-state index < -0.39 is 6.04 Å². The Balaban J connectivity index is 1.46. The number of allylic oxidation sites excluding steroid dienone is 1. The third-order valence-corrected chi connectivity index (χ3v) is 6.69. The SMILES string of the molecule is COc1cc(C2C(C(=O)Nc3ccc(C)cc3)=C(C)Nc3ncnn32)ccc1OCc1ccc(Br)cc1. The second-order valence-corrected chi connectivity index (χ2v) is 9.66. The third-order valence-electron chi connectivity index (χ3n) is 6.16. The Kier molecular flexibility index (Phi) is 6.96. The standard InChI is InChI=1S/C28H26BrN5O3/c1-17-4-11-22(12-5-17)33-27(35)25-18(2)32-28-30-16-31-34(28)26(25)20-8-13-23(24(14-20)36-3)37-15-19-6-9-21(29)10-7-19/h4-14,16,26H,15H2,1-3H3,(H,33,35)(H,30,31,32). The quantitative estimate of drug-likeness (QED) is 0.294. The molecule has 9 heteroatoms. The van der Waals surface area contributed by atoms with Gasteiger partial charge in [0.25, 0.3) is 5.91 Å². The molecule has 0 fully saturated rings. The number of aryl methyl sites for hydroxylation is 1. The van der Waals surface area contributed by atoms with E-state index in [2.05, 4.69) is 36.6 Å². The molecule has 1 amide bonds. The van der Waals surface area contributed by atoms with E-state index in [1.54, 1.807) is 11.8 Å². The minimum absolute atomic E-state index is 0.227. The molecule has 1 aliphatic rings. The van der Waals surface area contributed by atoms with E-state index >= 15 is 0 Å². The van der Waals surface area contributed by atoms with Crippen molar-refractivity contribution in [1.82, 2.24) is 14.8 Å². The molecule has 1 aromatic heterocycles. The molecule has 0 bridgehead atoms. The molecule has 188 valence electrons. The minimum atomic E-state index is -0.515.